The van der Waals surface area contributed by atoms with Crippen LogP contribution in [-0.4, -0.2) is 44.3 Å². The molecule has 3 rings (SSSR count). The lowest BCUT2D eigenvalue weighted by atomic mass is 10.1. The molecule has 1 aromatic carbocycles. The molecule has 2 aliphatic rings. The quantitative estimate of drug-likeness (QED) is 0.846. The first kappa shape index (κ1) is 13.9. The van der Waals surface area contributed by atoms with Crippen LogP contribution in [0.3, 0.4) is 0 Å². The van der Waals surface area contributed by atoms with Gasteiger partial charge >= 0.3 is 0 Å². The Balaban J connectivity index is 1.85. The van der Waals surface area contributed by atoms with Crippen molar-refractivity contribution < 1.29 is 18.3 Å². The number of ether oxygens (including phenoxy) is 1. The Bertz CT molecular complexity index is 614. The summed E-state index contributed by atoms with van der Waals surface area (Å²) in [6, 6.07) is 6.16. The van der Waals surface area contributed by atoms with Crippen molar-refractivity contribution in [2.45, 2.75) is 31.1 Å². The zero-order valence-corrected chi connectivity index (χ0v) is 12.2. The third kappa shape index (κ3) is 2.43. The Labute approximate surface area is 118 Å². The summed E-state index contributed by atoms with van der Waals surface area (Å²) in [4.78, 5) is 0. The van der Waals surface area contributed by atoms with Crippen LogP contribution in [0.1, 0.15) is 23.6 Å². The maximum absolute atomic E-state index is 11.5. The highest BCUT2D eigenvalue weighted by molar-refractivity contribution is 7.91. The van der Waals surface area contributed by atoms with Gasteiger partial charge in [0, 0.05) is 6.04 Å². The van der Waals surface area contributed by atoms with Crippen LogP contribution in [0.2, 0.25) is 0 Å². The number of aliphatic hydroxyl groups excluding tert-OH is 1. The van der Waals surface area contributed by atoms with Gasteiger partial charge in [-0.25, -0.2) is 8.42 Å². The smallest absolute Gasteiger partial charge is 0.156 e. The molecule has 0 radical (unpaired) electrons. The van der Waals surface area contributed by atoms with Crippen LogP contribution in [0.15, 0.2) is 18.2 Å². The molecule has 1 heterocycles. The van der Waals surface area contributed by atoms with E-state index >= 15 is 0 Å². The normalized spacial score (nSPS) is 31.2. The second-order valence-corrected chi connectivity index (χ2v) is 7.66. The molecule has 1 aromatic rings. The molecule has 2 N–H and O–H groups in total. The molecule has 0 spiro atoms. The highest BCUT2D eigenvalue weighted by Gasteiger charge is 2.38. The van der Waals surface area contributed by atoms with Gasteiger partial charge in [-0.3, -0.25) is 0 Å². The van der Waals surface area contributed by atoms with Gasteiger partial charge in [0.1, 0.15) is 18.0 Å². The van der Waals surface area contributed by atoms with Crippen molar-refractivity contribution in [1.29, 1.82) is 0 Å². The summed E-state index contributed by atoms with van der Waals surface area (Å²) in [7, 11) is -1.25. The highest BCUT2D eigenvalue weighted by Crippen LogP contribution is 2.37. The zero-order valence-electron chi connectivity index (χ0n) is 11.4. The summed E-state index contributed by atoms with van der Waals surface area (Å²) >= 11 is 0. The fourth-order valence-electron chi connectivity index (χ4n) is 3.10. The van der Waals surface area contributed by atoms with E-state index in [1.54, 1.807) is 0 Å². The van der Waals surface area contributed by atoms with Gasteiger partial charge in [0.25, 0.3) is 0 Å². The summed E-state index contributed by atoms with van der Waals surface area (Å²) in [5, 5.41) is 13.1. The second-order valence-electron chi connectivity index (χ2n) is 5.50. The van der Waals surface area contributed by atoms with Crippen molar-refractivity contribution in [1.82, 2.24) is 5.32 Å². The molecule has 1 fully saturated rings. The number of benzene rings is 1. The standard InChI is InChI=1S/C14H19NO4S/c1-15-11-6-5-10-9(11)3-2-4-13(10)19-14-8-20(17,18)7-12(14)16/h2-4,11-12,14-16H,5-8H2,1H3. The van der Waals surface area contributed by atoms with Crippen molar-refractivity contribution in [3.8, 4) is 5.75 Å². The topological polar surface area (TPSA) is 75.6 Å². The highest BCUT2D eigenvalue weighted by atomic mass is 32.2. The predicted octanol–water partition coefficient (Wildman–Crippen LogP) is 0.430. The minimum Gasteiger partial charge on any atom is -0.486 e. The maximum atomic E-state index is 11.5. The van der Waals surface area contributed by atoms with Crippen molar-refractivity contribution >= 4 is 9.84 Å². The number of hydrogen-bond acceptors (Lipinski definition) is 5. The number of sulfone groups is 1. The van der Waals surface area contributed by atoms with Crippen LogP contribution in [-0.2, 0) is 16.3 Å². The Morgan fingerprint density at radius 2 is 2.15 bits per heavy atom. The van der Waals surface area contributed by atoms with Crippen LogP contribution in [0.25, 0.3) is 0 Å². The molecule has 20 heavy (non-hydrogen) atoms. The summed E-state index contributed by atoms with van der Waals surface area (Å²) in [5.41, 5.74) is 2.34. The number of nitrogens with one attached hydrogen (secondary N) is 1. The Hall–Kier alpha value is -1.11. The van der Waals surface area contributed by atoms with E-state index in [9.17, 15) is 13.5 Å². The summed E-state index contributed by atoms with van der Waals surface area (Å²) in [6.07, 6.45) is 0.335. The van der Waals surface area contributed by atoms with E-state index in [2.05, 4.69) is 11.4 Å². The lowest BCUT2D eigenvalue weighted by molar-refractivity contribution is 0.0732. The number of fused-ring (bicyclic) bond motifs is 1. The maximum Gasteiger partial charge on any atom is 0.156 e. The van der Waals surface area contributed by atoms with Gasteiger partial charge in [-0.1, -0.05) is 12.1 Å². The average Bonchev–Trinajstić information content (AvgIpc) is 2.91. The van der Waals surface area contributed by atoms with Crippen molar-refractivity contribution in [3.63, 3.8) is 0 Å². The van der Waals surface area contributed by atoms with E-state index in [-0.39, 0.29) is 11.5 Å². The zero-order chi connectivity index (χ0) is 14.3. The first-order chi connectivity index (χ1) is 9.50. The van der Waals surface area contributed by atoms with E-state index in [1.807, 2.05) is 19.2 Å². The Kier molecular flexibility index (Phi) is 3.48. The number of aliphatic hydroxyl groups is 1. The van der Waals surface area contributed by atoms with Crippen molar-refractivity contribution in [2.75, 3.05) is 18.6 Å². The van der Waals surface area contributed by atoms with E-state index in [4.69, 9.17) is 4.74 Å². The minimum absolute atomic E-state index is 0.104. The molecule has 5 nitrogen and oxygen atoms in total. The molecule has 6 heteroatoms. The van der Waals surface area contributed by atoms with E-state index in [1.165, 1.54) is 5.56 Å². The van der Waals surface area contributed by atoms with E-state index in [0.29, 0.717) is 11.8 Å². The lowest BCUT2D eigenvalue weighted by Crippen LogP contribution is -2.30. The monoisotopic (exact) mass is 297 g/mol. The summed E-state index contributed by atoms with van der Waals surface area (Å²) in [5.74, 6) is 0.403. The van der Waals surface area contributed by atoms with Gasteiger partial charge in [0.15, 0.2) is 9.84 Å². The minimum atomic E-state index is -3.18. The van der Waals surface area contributed by atoms with Gasteiger partial charge < -0.3 is 15.2 Å². The molecule has 1 saturated heterocycles. The molecule has 0 amide bonds. The molecule has 1 aliphatic heterocycles. The molecule has 110 valence electrons. The Morgan fingerprint density at radius 1 is 1.35 bits per heavy atom. The fourth-order valence-corrected chi connectivity index (χ4v) is 4.77. The van der Waals surface area contributed by atoms with Crippen molar-refractivity contribution in [3.05, 3.63) is 29.3 Å². The van der Waals surface area contributed by atoms with Crippen molar-refractivity contribution in [2.24, 2.45) is 0 Å². The Morgan fingerprint density at radius 3 is 2.80 bits per heavy atom. The molecular weight excluding hydrogens is 278 g/mol. The summed E-state index contributed by atoms with van der Waals surface area (Å²) < 4.78 is 28.8. The third-order valence-electron chi connectivity index (χ3n) is 4.13. The van der Waals surface area contributed by atoms with Gasteiger partial charge in [0.2, 0.25) is 0 Å². The van der Waals surface area contributed by atoms with Crippen LogP contribution >= 0.6 is 0 Å². The van der Waals surface area contributed by atoms with Crippen LogP contribution in [0.5, 0.6) is 5.75 Å². The predicted molar refractivity (Wildman–Crippen MR) is 75.6 cm³/mol. The fraction of sp³-hybridized carbons (Fsp3) is 0.571. The molecule has 0 saturated carbocycles. The van der Waals surface area contributed by atoms with E-state index in [0.717, 1.165) is 18.4 Å². The lowest BCUT2D eigenvalue weighted by Gasteiger charge is -2.18. The number of hydrogen-bond donors (Lipinski definition) is 2. The van der Waals surface area contributed by atoms with Gasteiger partial charge in [0.05, 0.1) is 11.5 Å². The molecule has 3 atom stereocenters. The van der Waals surface area contributed by atoms with Gasteiger partial charge in [-0.2, -0.15) is 0 Å². The first-order valence-electron chi connectivity index (χ1n) is 6.84. The largest absolute Gasteiger partial charge is 0.486 e. The molecular formula is C14H19NO4S. The van der Waals surface area contributed by atoms with Crippen LogP contribution < -0.4 is 10.1 Å². The van der Waals surface area contributed by atoms with Gasteiger partial charge in [-0.15, -0.1) is 0 Å². The molecule has 0 bridgehead atoms. The molecule has 3 unspecified atom stereocenters. The average molecular weight is 297 g/mol. The van der Waals surface area contributed by atoms with Crippen LogP contribution in [0, 0.1) is 0 Å². The third-order valence-corrected chi connectivity index (χ3v) is 5.81. The van der Waals surface area contributed by atoms with E-state index < -0.39 is 22.0 Å². The first-order valence-corrected chi connectivity index (χ1v) is 8.66. The number of rotatable bonds is 3. The molecule has 0 aromatic heterocycles. The summed E-state index contributed by atoms with van der Waals surface area (Å²) in [6.45, 7) is 0. The second kappa shape index (κ2) is 5.02. The molecule has 1 aliphatic carbocycles. The SMILES string of the molecule is CNC1CCc2c(OC3CS(=O)(=O)CC3O)cccc21. The van der Waals surface area contributed by atoms with Gasteiger partial charge in [-0.05, 0) is 37.1 Å². The van der Waals surface area contributed by atoms with Crippen LogP contribution in [0.4, 0.5) is 0 Å².